The Morgan fingerprint density at radius 3 is 2.72 bits per heavy atom. The van der Waals surface area contributed by atoms with Gasteiger partial charge in [0.2, 0.25) is 0 Å². The minimum absolute atomic E-state index is 0.0925. The second-order valence-corrected chi connectivity index (χ2v) is 5.38. The van der Waals surface area contributed by atoms with Gasteiger partial charge in [-0.05, 0) is 24.1 Å². The lowest BCUT2D eigenvalue weighted by atomic mass is 10.2. The van der Waals surface area contributed by atoms with Gasteiger partial charge >= 0.3 is 0 Å². The number of benzene rings is 1. The number of methoxy groups -OCH3 is 1. The van der Waals surface area contributed by atoms with Crippen molar-refractivity contribution in [1.29, 1.82) is 0 Å². The van der Waals surface area contributed by atoms with Crippen LogP contribution in [0.2, 0.25) is 0 Å². The second kappa shape index (κ2) is 4.77. The van der Waals surface area contributed by atoms with Crippen molar-refractivity contribution in [1.82, 2.24) is 14.2 Å². The summed E-state index contributed by atoms with van der Waals surface area (Å²) in [4.78, 5) is 3.74. The maximum atomic E-state index is 12.3. The average Bonchev–Trinajstić information content (AvgIpc) is 2.92. The van der Waals surface area contributed by atoms with Crippen LogP contribution in [-0.4, -0.2) is 29.7 Å². The lowest BCUT2D eigenvalue weighted by molar-refractivity contribution is 0.402. The van der Waals surface area contributed by atoms with Gasteiger partial charge in [0.05, 0.1) is 7.11 Å². The summed E-state index contributed by atoms with van der Waals surface area (Å²) in [6, 6.07) is 5.07. The number of ether oxygens (including phenoxy) is 1. The molecule has 0 atom stereocenters. The minimum atomic E-state index is -3.75. The van der Waals surface area contributed by atoms with Crippen LogP contribution in [0.1, 0.15) is 12.5 Å². The van der Waals surface area contributed by atoms with Crippen molar-refractivity contribution in [2.24, 2.45) is 0 Å². The first-order valence-corrected chi connectivity index (χ1v) is 6.80. The van der Waals surface area contributed by atoms with E-state index in [0.717, 1.165) is 22.4 Å². The molecule has 0 aliphatic heterocycles. The molecule has 0 radical (unpaired) electrons. The fourth-order valence-electron chi connectivity index (χ4n) is 1.56. The molecule has 0 spiro atoms. The minimum Gasteiger partial charge on any atom is -0.495 e. The highest BCUT2D eigenvalue weighted by Gasteiger charge is 2.22. The molecule has 6 nitrogen and oxygen atoms in total. The lowest BCUT2D eigenvalue weighted by Gasteiger charge is -2.10. The Balaban J connectivity index is 2.63. The average molecular weight is 267 g/mol. The molecule has 1 aromatic carbocycles. The van der Waals surface area contributed by atoms with Gasteiger partial charge in [0.1, 0.15) is 23.3 Å². The van der Waals surface area contributed by atoms with Crippen molar-refractivity contribution in [3.8, 4) is 5.75 Å². The van der Waals surface area contributed by atoms with Gasteiger partial charge in [-0.2, -0.15) is 8.42 Å². The van der Waals surface area contributed by atoms with E-state index < -0.39 is 10.0 Å². The SMILES string of the molecule is CCc1ccc(OC)c(S(=O)(=O)n2cncn2)c1. The third kappa shape index (κ3) is 2.08. The third-order valence-corrected chi connectivity index (χ3v) is 4.11. The van der Waals surface area contributed by atoms with Crippen LogP contribution in [-0.2, 0) is 16.4 Å². The fraction of sp³-hybridized carbons (Fsp3) is 0.273. The molecule has 0 N–H and O–H groups in total. The van der Waals surface area contributed by atoms with E-state index in [0.29, 0.717) is 5.75 Å². The predicted octanol–water partition coefficient (Wildman–Crippen LogP) is 1.09. The Kier molecular flexibility index (Phi) is 3.33. The summed E-state index contributed by atoms with van der Waals surface area (Å²) in [7, 11) is -2.32. The van der Waals surface area contributed by atoms with Gasteiger partial charge in [-0.3, -0.25) is 0 Å². The van der Waals surface area contributed by atoms with E-state index in [4.69, 9.17) is 4.74 Å². The van der Waals surface area contributed by atoms with Crippen LogP contribution in [0.5, 0.6) is 5.75 Å². The highest BCUT2D eigenvalue weighted by Crippen LogP contribution is 2.26. The van der Waals surface area contributed by atoms with E-state index in [9.17, 15) is 8.42 Å². The molecule has 2 aromatic rings. The standard InChI is InChI=1S/C11H13N3O3S/c1-3-9-4-5-10(17-2)11(6-9)18(15,16)14-8-12-7-13-14/h4-8H,3H2,1-2H3. The van der Waals surface area contributed by atoms with Crippen LogP contribution in [0, 0.1) is 0 Å². The van der Waals surface area contributed by atoms with Gasteiger partial charge in [-0.1, -0.05) is 13.0 Å². The van der Waals surface area contributed by atoms with Crippen molar-refractivity contribution in [2.45, 2.75) is 18.2 Å². The summed E-state index contributed by atoms with van der Waals surface area (Å²) in [5, 5.41) is 3.66. The smallest absolute Gasteiger partial charge is 0.288 e. The van der Waals surface area contributed by atoms with Gasteiger partial charge in [-0.25, -0.2) is 4.98 Å². The number of aryl methyl sites for hydroxylation is 1. The van der Waals surface area contributed by atoms with E-state index in [-0.39, 0.29) is 4.90 Å². The van der Waals surface area contributed by atoms with Crippen LogP contribution < -0.4 is 4.74 Å². The van der Waals surface area contributed by atoms with Crippen LogP contribution in [0.25, 0.3) is 0 Å². The zero-order valence-corrected chi connectivity index (χ0v) is 10.9. The molecule has 0 fully saturated rings. The van der Waals surface area contributed by atoms with Crippen molar-refractivity contribution < 1.29 is 13.2 Å². The Morgan fingerprint density at radius 2 is 2.17 bits per heavy atom. The number of hydrogen-bond acceptors (Lipinski definition) is 5. The first-order valence-electron chi connectivity index (χ1n) is 5.36. The Hall–Kier alpha value is -1.89. The molecule has 1 heterocycles. The summed E-state index contributed by atoms with van der Waals surface area (Å²) in [6.45, 7) is 1.95. The summed E-state index contributed by atoms with van der Waals surface area (Å²) in [5.41, 5.74) is 0.912. The molecule has 0 unspecified atom stereocenters. The van der Waals surface area contributed by atoms with Crippen molar-refractivity contribution in [3.63, 3.8) is 0 Å². The zero-order chi connectivity index (χ0) is 13.2. The van der Waals surface area contributed by atoms with Crippen LogP contribution in [0.4, 0.5) is 0 Å². The quantitative estimate of drug-likeness (QED) is 0.829. The van der Waals surface area contributed by atoms with Gasteiger partial charge in [0, 0.05) is 0 Å². The Bertz CT molecular complexity index is 636. The summed E-state index contributed by atoms with van der Waals surface area (Å²) < 4.78 is 30.6. The van der Waals surface area contributed by atoms with Gasteiger partial charge in [0.15, 0.2) is 0 Å². The second-order valence-electron chi connectivity index (χ2n) is 3.61. The first-order chi connectivity index (χ1) is 8.59. The van der Waals surface area contributed by atoms with Crippen molar-refractivity contribution in [2.75, 3.05) is 7.11 Å². The largest absolute Gasteiger partial charge is 0.495 e. The molecule has 0 aliphatic carbocycles. The van der Waals surface area contributed by atoms with E-state index in [1.807, 2.05) is 13.0 Å². The topological polar surface area (TPSA) is 74.1 Å². The maximum Gasteiger partial charge on any atom is 0.288 e. The van der Waals surface area contributed by atoms with Crippen molar-refractivity contribution in [3.05, 3.63) is 36.4 Å². The summed E-state index contributed by atoms with van der Waals surface area (Å²) >= 11 is 0. The number of nitrogens with zero attached hydrogens (tertiary/aromatic N) is 3. The first kappa shape index (κ1) is 12.6. The summed E-state index contributed by atoms with van der Waals surface area (Å²) in [5.74, 6) is 0.294. The number of rotatable bonds is 4. The van der Waals surface area contributed by atoms with Gasteiger partial charge in [0.25, 0.3) is 10.0 Å². The molecular formula is C11H13N3O3S. The van der Waals surface area contributed by atoms with Crippen LogP contribution in [0.15, 0.2) is 35.7 Å². The van der Waals surface area contributed by atoms with E-state index in [2.05, 4.69) is 10.1 Å². The monoisotopic (exact) mass is 267 g/mol. The molecule has 1 aromatic heterocycles. The number of hydrogen-bond donors (Lipinski definition) is 0. The summed E-state index contributed by atoms with van der Waals surface area (Å²) in [6.07, 6.45) is 3.06. The molecule has 0 saturated heterocycles. The molecule has 0 amide bonds. The van der Waals surface area contributed by atoms with Crippen molar-refractivity contribution >= 4 is 10.0 Å². The Labute approximate surface area is 105 Å². The normalized spacial score (nSPS) is 11.4. The molecule has 18 heavy (non-hydrogen) atoms. The lowest BCUT2D eigenvalue weighted by Crippen LogP contribution is -2.15. The van der Waals surface area contributed by atoms with E-state index in [1.165, 1.54) is 13.4 Å². The maximum absolute atomic E-state index is 12.3. The fourth-order valence-corrected chi connectivity index (χ4v) is 2.82. The molecule has 7 heteroatoms. The zero-order valence-electron chi connectivity index (χ0n) is 10.1. The highest BCUT2D eigenvalue weighted by atomic mass is 32.2. The van der Waals surface area contributed by atoms with Crippen LogP contribution >= 0.6 is 0 Å². The van der Waals surface area contributed by atoms with Gasteiger partial charge in [-0.15, -0.1) is 9.19 Å². The van der Waals surface area contributed by atoms with E-state index in [1.54, 1.807) is 12.1 Å². The molecule has 0 bridgehead atoms. The number of aromatic nitrogens is 3. The Morgan fingerprint density at radius 1 is 1.39 bits per heavy atom. The molecule has 0 aliphatic rings. The molecular weight excluding hydrogens is 254 g/mol. The van der Waals surface area contributed by atoms with Gasteiger partial charge < -0.3 is 4.74 Å². The molecule has 2 rings (SSSR count). The third-order valence-electron chi connectivity index (χ3n) is 2.56. The molecule has 0 saturated carbocycles. The highest BCUT2D eigenvalue weighted by molar-refractivity contribution is 7.90. The van der Waals surface area contributed by atoms with Crippen LogP contribution in [0.3, 0.4) is 0 Å². The molecule has 96 valence electrons. The van der Waals surface area contributed by atoms with E-state index >= 15 is 0 Å². The predicted molar refractivity (Wildman–Crippen MR) is 65.0 cm³/mol.